The lowest BCUT2D eigenvalue weighted by Gasteiger charge is -2.12. The van der Waals surface area contributed by atoms with Crippen molar-refractivity contribution < 1.29 is 18.7 Å². The Balaban J connectivity index is 2.05. The minimum atomic E-state index is -0.539. The largest absolute Gasteiger partial charge is 0.493 e. The molecule has 2 rings (SSSR count). The van der Waals surface area contributed by atoms with Gasteiger partial charge in [-0.1, -0.05) is 11.6 Å². The van der Waals surface area contributed by atoms with Gasteiger partial charge in [0.2, 0.25) is 0 Å². The summed E-state index contributed by atoms with van der Waals surface area (Å²) < 4.78 is 23.4. The number of hydrogen-bond acceptors (Lipinski definition) is 4. The molecule has 126 valence electrons. The second kappa shape index (κ2) is 7.94. The fourth-order valence-electron chi connectivity index (χ4n) is 1.89. The van der Waals surface area contributed by atoms with E-state index < -0.39 is 11.7 Å². The number of amides is 1. The number of rotatable bonds is 4. The highest BCUT2D eigenvalue weighted by molar-refractivity contribution is 7.80. The highest BCUT2D eigenvalue weighted by Gasteiger charge is 2.12. The molecule has 0 heterocycles. The molecule has 1 amide bonds. The average molecular weight is 369 g/mol. The van der Waals surface area contributed by atoms with Crippen LogP contribution in [0.3, 0.4) is 0 Å². The second-order valence-corrected chi connectivity index (χ2v) is 5.42. The maximum Gasteiger partial charge on any atom is 0.257 e. The van der Waals surface area contributed by atoms with Crippen molar-refractivity contribution in [2.24, 2.45) is 0 Å². The summed E-state index contributed by atoms with van der Waals surface area (Å²) in [7, 11) is 2.98. The monoisotopic (exact) mass is 368 g/mol. The normalized spacial score (nSPS) is 10.0. The van der Waals surface area contributed by atoms with E-state index in [4.69, 9.17) is 33.3 Å². The third-order valence-electron chi connectivity index (χ3n) is 3.05. The zero-order chi connectivity index (χ0) is 17.7. The molecule has 24 heavy (non-hydrogen) atoms. The molecule has 0 bridgehead atoms. The first-order valence-electron chi connectivity index (χ1n) is 6.74. The van der Waals surface area contributed by atoms with Crippen molar-refractivity contribution in [2.75, 3.05) is 19.5 Å². The first kappa shape index (κ1) is 18.0. The van der Waals surface area contributed by atoms with Crippen molar-refractivity contribution >= 4 is 40.5 Å². The number of hydrogen-bond donors (Lipinski definition) is 2. The lowest BCUT2D eigenvalue weighted by Crippen LogP contribution is -2.34. The van der Waals surface area contributed by atoms with Crippen LogP contribution in [0.25, 0.3) is 0 Å². The van der Waals surface area contributed by atoms with E-state index in [0.717, 1.165) is 0 Å². The van der Waals surface area contributed by atoms with Gasteiger partial charge in [0.25, 0.3) is 5.91 Å². The summed E-state index contributed by atoms with van der Waals surface area (Å²) in [5, 5.41) is 5.28. The van der Waals surface area contributed by atoms with Gasteiger partial charge in [0.05, 0.1) is 19.2 Å². The maximum absolute atomic E-state index is 13.1. The van der Waals surface area contributed by atoms with Gasteiger partial charge in [0.15, 0.2) is 16.6 Å². The summed E-state index contributed by atoms with van der Waals surface area (Å²) in [6.45, 7) is 0. The van der Waals surface area contributed by atoms with Crippen LogP contribution in [0.4, 0.5) is 10.1 Å². The van der Waals surface area contributed by atoms with E-state index in [9.17, 15) is 9.18 Å². The molecule has 2 N–H and O–H groups in total. The Bertz CT molecular complexity index is 786. The number of nitrogens with one attached hydrogen (secondary N) is 2. The summed E-state index contributed by atoms with van der Waals surface area (Å²) in [6.07, 6.45) is 0. The second-order valence-electron chi connectivity index (χ2n) is 4.61. The number of ether oxygens (including phenoxy) is 2. The molecule has 0 atom stereocenters. The molecular formula is C16H14ClFN2O3S. The molecule has 2 aromatic carbocycles. The summed E-state index contributed by atoms with van der Waals surface area (Å²) in [5.74, 6) is -0.0331. The fraction of sp³-hybridized carbons (Fsp3) is 0.125. The van der Waals surface area contributed by atoms with Crippen molar-refractivity contribution in [1.29, 1.82) is 0 Å². The zero-order valence-electron chi connectivity index (χ0n) is 12.9. The average Bonchev–Trinajstić information content (AvgIpc) is 2.57. The van der Waals surface area contributed by atoms with E-state index in [1.165, 1.54) is 38.5 Å². The summed E-state index contributed by atoms with van der Waals surface area (Å²) in [6, 6.07) is 8.74. The van der Waals surface area contributed by atoms with Crippen LogP contribution in [0, 0.1) is 5.82 Å². The third kappa shape index (κ3) is 4.33. The van der Waals surface area contributed by atoms with Crippen LogP contribution in [0.1, 0.15) is 10.4 Å². The quantitative estimate of drug-likeness (QED) is 0.807. The van der Waals surface area contributed by atoms with E-state index >= 15 is 0 Å². The van der Waals surface area contributed by atoms with Gasteiger partial charge >= 0.3 is 0 Å². The SMILES string of the molecule is COc1ccc(C(=O)NC(=S)Nc2ccc(F)c(Cl)c2)cc1OC. The van der Waals surface area contributed by atoms with E-state index in [0.29, 0.717) is 22.7 Å². The van der Waals surface area contributed by atoms with Crippen LogP contribution in [0.15, 0.2) is 36.4 Å². The van der Waals surface area contributed by atoms with Gasteiger partial charge in [-0.15, -0.1) is 0 Å². The van der Waals surface area contributed by atoms with Crippen LogP contribution < -0.4 is 20.1 Å². The number of benzene rings is 2. The number of methoxy groups -OCH3 is 2. The first-order valence-corrected chi connectivity index (χ1v) is 7.52. The predicted molar refractivity (Wildman–Crippen MR) is 94.6 cm³/mol. The molecule has 0 aliphatic rings. The highest BCUT2D eigenvalue weighted by Crippen LogP contribution is 2.27. The Morgan fingerprint density at radius 2 is 1.83 bits per heavy atom. The zero-order valence-corrected chi connectivity index (χ0v) is 14.4. The van der Waals surface area contributed by atoms with Gasteiger partial charge in [-0.05, 0) is 48.6 Å². The molecule has 0 fully saturated rings. The molecule has 2 aromatic rings. The van der Waals surface area contributed by atoms with E-state index in [-0.39, 0.29) is 10.1 Å². The lowest BCUT2D eigenvalue weighted by atomic mass is 10.2. The van der Waals surface area contributed by atoms with E-state index in [1.807, 2.05) is 0 Å². The topological polar surface area (TPSA) is 59.6 Å². The molecule has 0 spiro atoms. The smallest absolute Gasteiger partial charge is 0.257 e. The van der Waals surface area contributed by atoms with Gasteiger partial charge in [-0.25, -0.2) is 4.39 Å². The molecule has 0 saturated carbocycles. The summed E-state index contributed by atoms with van der Waals surface area (Å²) in [4.78, 5) is 12.2. The molecule has 0 aliphatic carbocycles. The Hall–Kier alpha value is -2.38. The molecule has 0 aromatic heterocycles. The molecule has 8 heteroatoms. The van der Waals surface area contributed by atoms with Crippen LogP contribution in [0.2, 0.25) is 5.02 Å². The van der Waals surface area contributed by atoms with Crippen molar-refractivity contribution in [3.8, 4) is 11.5 Å². The van der Waals surface area contributed by atoms with Crippen LogP contribution >= 0.6 is 23.8 Å². The van der Waals surface area contributed by atoms with Crippen molar-refractivity contribution in [3.63, 3.8) is 0 Å². The van der Waals surface area contributed by atoms with Crippen molar-refractivity contribution in [3.05, 3.63) is 52.8 Å². The molecule has 0 unspecified atom stereocenters. The molecule has 0 radical (unpaired) electrons. The van der Waals surface area contributed by atoms with E-state index in [2.05, 4.69) is 10.6 Å². The number of anilines is 1. The van der Waals surface area contributed by atoms with E-state index in [1.54, 1.807) is 12.1 Å². The number of carbonyl (C=O) groups is 1. The van der Waals surface area contributed by atoms with Crippen molar-refractivity contribution in [1.82, 2.24) is 5.32 Å². The van der Waals surface area contributed by atoms with Crippen LogP contribution in [0.5, 0.6) is 11.5 Å². The highest BCUT2D eigenvalue weighted by atomic mass is 35.5. The van der Waals surface area contributed by atoms with Gasteiger partial charge in [-0.2, -0.15) is 0 Å². The Morgan fingerprint density at radius 3 is 2.46 bits per heavy atom. The van der Waals surface area contributed by atoms with Crippen LogP contribution in [-0.2, 0) is 0 Å². The third-order valence-corrected chi connectivity index (χ3v) is 3.54. The molecule has 0 saturated heterocycles. The first-order chi connectivity index (χ1) is 11.4. The standard InChI is InChI=1S/C16H14ClFN2O3S/c1-22-13-6-3-9(7-14(13)23-2)15(21)20-16(24)19-10-4-5-12(18)11(17)8-10/h3-8H,1-2H3,(H2,19,20,21,24). The van der Waals surface area contributed by atoms with Crippen LogP contribution in [-0.4, -0.2) is 25.2 Å². The predicted octanol–water partition coefficient (Wildman–Crippen LogP) is 3.62. The summed E-state index contributed by atoms with van der Waals surface area (Å²) in [5.41, 5.74) is 0.799. The van der Waals surface area contributed by atoms with Gasteiger partial charge in [0, 0.05) is 11.3 Å². The Morgan fingerprint density at radius 1 is 1.12 bits per heavy atom. The fourth-order valence-corrected chi connectivity index (χ4v) is 2.28. The number of thiocarbonyl (C=S) groups is 1. The van der Waals surface area contributed by atoms with Crippen molar-refractivity contribution in [2.45, 2.75) is 0 Å². The Labute approximate surface area is 148 Å². The molecule has 0 aliphatic heterocycles. The summed E-state index contributed by atoms with van der Waals surface area (Å²) >= 11 is 10.8. The molecule has 5 nitrogen and oxygen atoms in total. The minimum absolute atomic E-state index is 0.0472. The maximum atomic E-state index is 13.1. The van der Waals surface area contributed by atoms with Gasteiger partial charge < -0.3 is 14.8 Å². The van der Waals surface area contributed by atoms with Gasteiger partial charge in [-0.3, -0.25) is 10.1 Å². The number of carbonyl (C=O) groups excluding carboxylic acids is 1. The minimum Gasteiger partial charge on any atom is -0.493 e. The van der Waals surface area contributed by atoms with Gasteiger partial charge in [0.1, 0.15) is 5.82 Å². The number of halogens is 2. The molecular weight excluding hydrogens is 355 g/mol. The Kier molecular flexibility index (Phi) is 5.94. The lowest BCUT2D eigenvalue weighted by molar-refractivity contribution is 0.0977.